The smallest absolute Gasteiger partial charge is 0.410 e. The molecule has 12 heteroatoms. The molecule has 0 spiro atoms. The fourth-order valence-corrected chi connectivity index (χ4v) is 4.30. The molecular formula is C28H31N7O5. The molecule has 1 aliphatic heterocycles. The first-order chi connectivity index (χ1) is 19.1. The van der Waals surface area contributed by atoms with Crippen LogP contribution >= 0.6 is 0 Å². The number of nitrogens with zero attached hydrogens (tertiary/aromatic N) is 3. The van der Waals surface area contributed by atoms with Crippen LogP contribution in [0.15, 0.2) is 54.9 Å². The van der Waals surface area contributed by atoms with E-state index in [0.717, 1.165) is 5.52 Å². The molecule has 0 aliphatic carbocycles. The number of aromatic amines is 2. The van der Waals surface area contributed by atoms with E-state index in [1.165, 1.54) is 6.33 Å². The minimum absolute atomic E-state index is 0.00985. The molecule has 2 aromatic heterocycles. The third-order valence-corrected chi connectivity index (χ3v) is 6.21. The van der Waals surface area contributed by atoms with E-state index in [0.29, 0.717) is 42.9 Å². The summed E-state index contributed by atoms with van der Waals surface area (Å²) in [5, 5.41) is 5.41. The van der Waals surface area contributed by atoms with Gasteiger partial charge in [0.1, 0.15) is 23.1 Å². The maximum Gasteiger partial charge on any atom is 0.410 e. The molecular weight excluding hydrogens is 514 g/mol. The van der Waals surface area contributed by atoms with Gasteiger partial charge in [0.2, 0.25) is 5.95 Å². The second-order valence-electron chi connectivity index (χ2n) is 10.4. The van der Waals surface area contributed by atoms with Crippen molar-refractivity contribution in [2.24, 2.45) is 0 Å². The Kier molecular flexibility index (Phi) is 7.41. The summed E-state index contributed by atoms with van der Waals surface area (Å²) in [6.07, 6.45) is 2.33. The molecule has 0 bridgehead atoms. The number of amides is 3. The van der Waals surface area contributed by atoms with E-state index < -0.39 is 17.4 Å². The summed E-state index contributed by atoms with van der Waals surface area (Å²) in [7, 11) is 0. The lowest BCUT2D eigenvalue weighted by molar-refractivity contribution is 0.0126. The number of carbonyl (C=O) groups is 3. The molecule has 1 fully saturated rings. The van der Waals surface area contributed by atoms with Gasteiger partial charge < -0.3 is 29.7 Å². The van der Waals surface area contributed by atoms with Gasteiger partial charge in [-0.2, -0.15) is 0 Å². The van der Waals surface area contributed by atoms with Gasteiger partial charge in [0.25, 0.3) is 11.8 Å². The number of likely N-dealkylation sites (tertiary alicyclic amines) is 1. The molecule has 5 rings (SSSR count). The number of fused-ring (bicyclic) bond motifs is 1. The molecule has 3 amide bonds. The number of H-pyrrole nitrogens is 2. The highest BCUT2D eigenvalue weighted by Gasteiger charge is 2.28. The molecule has 0 radical (unpaired) electrons. The maximum absolute atomic E-state index is 12.9. The van der Waals surface area contributed by atoms with Crippen molar-refractivity contribution in [2.75, 3.05) is 23.7 Å². The monoisotopic (exact) mass is 545 g/mol. The summed E-state index contributed by atoms with van der Waals surface area (Å²) in [6, 6.07) is 14.3. The van der Waals surface area contributed by atoms with Crippen molar-refractivity contribution in [3.8, 4) is 5.75 Å². The number of piperidine rings is 1. The number of imidazole rings is 2. The van der Waals surface area contributed by atoms with E-state index in [1.54, 1.807) is 29.2 Å². The zero-order chi connectivity index (χ0) is 28.3. The summed E-state index contributed by atoms with van der Waals surface area (Å²) in [6.45, 7) is 6.66. The van der Waals surface area contributed by atoms with Crippen molar-refractivity contribution in [1.29, 1.82) is 0 Å². The van der Waals surface area contributed by atoms with Gasteiger partial charge in [0, 0.05) is 31.6 Å². The Labute approximate surface area is 230 Å². The number of hydrogen-bond donors (Lipinski definition) is 4. The average molecular weight is 546 g/mol. The van der Waals surface area contributed by atoms with Crippen LogP contribution in [0, 0.1) is 0 Å². The minimum Gasteiger partial charge on any atom is -0.490 e. The van der Waals surface area contributed by atoms with Crippen molar-refractivity contribution < 1.29 is 23.9 Å². The third kappa shape index (κ3) is 6.40. The van der Waals surface area contributed by atoms with Crippen LogP contribution in [0.2, 0.25) is 0 Å². The fourth-order valence-electron chi connectivity index (χ4n) is 4.30. The van der Waals surface area contributed by atoms with Crippen LogP contribution in [0.1, 0.15) is 54.6 Å². The SMILES string of the molecule is CC(C)(C)OC(=O)N1CCC(Oc2ccc(NC(=O)c3nc[nH]c3C(=O)Nc3nc4ccccc4[nH]3)cc2)CC1. The first-order valence-electron chi connectivity index (χ1n) is 13.0. The second-order valence-corrected chi connectivity index (χ2v) is 10.4. The van der Waals surface area contributed by atoms with Crippen molar-refractivity contribution >= 4 is 40.6 Å². The van der Waals surface area contributed by atoms with Crippen molar-refractivity contribution in [1.82, 2.24) is 24.8 Å². The number of carbonyl (C=O) groups excluding carboxylic acids is 3. The van der Waals surface area contributed by atoms with Crippen LogP contribution < -0.4 is 15.4 Å². The molecule has 4 aromatic rings. The molecule has 12 nitrogen and oxygen atoms in total. The van der Waals surface area contributed by atoms with Gasteiger partial charge >= 0.3 is 6.09 Å². The maximum atomic E-state index is 12.9. The minimum atomic E-state index is -0.553. The number of benzene rings is 2. The third-order valence-electron chi connectivity index (χ3n) is 6.21. The first kappa shape index (κ1) is 26.7. The first-order valence-corrected chi connectivity index (χ1v) is 13.0. The number of para-hydroxylation sites is 2. The van der Waals surface area contributed by atoms with Crippen LogP contribution in [-0.2, 0) is 4.74 Å². The molecule has 0 atom stereocenters. The number of hydrogen-bond acceptors (Lipinski definition) is 7. The normalized spacial score (nSPS) is 14.1. The molecule has 1 saturated heterocycles. The Bertz CT molecular complexity index is 1480. The molecule has 0 unspecified atom stereocenters. The Morgan fingerprint density at radius 2 is 1.70 bits per heavy atom. The highest BCUT2D eigenvalue weighted by atomic mass is 16.6. The summed E-state index contributed by atoms with van der Waals surface area (Å²) < 4.78 is 11.5. The van der Waals surface area contributed by atoms with Gasteiger partial charge in [0.15, 0.2) is 5.69 Å². The van der Waals surface area contributed by atoms with Crippen molar-refractivity contribution in [3.63, 3.8) is 0 Å². The molecule has 208 valence electrons. The zero-order valence-electron chi connectivity index (χ0n) is 22.5. The molecule has 2 aromatic carbocycles. The quantitative estimate of drug-likeness (QED) is 0.277. The zero-order valence-corrected chi connectivity index (χ0v) is 22.5. The van der Waals surface area contributed by atoms with Crippen LogP contribution in [0.3, 0.4) is 0 Å². The topological polar surface area (TPSA) is 154 Å². The lowest BCUT2D eigenvalue weighted by Crippen LogP contribution is -2.44. The summed E-state index contributed by atoms with van der Waals surface area (Å²) >= 11 is 0. The van der Waals surface area contributed by atoms with Gasteiger partial charge in [-0.15, -0.1) is 0 Å². The van der Waals surface area contributed by atoms with Crippen LogP contribution in [0.5, 0.6) is 5.75 Å². The Hall–Kier alpha value is -4.87. The van der Waals surface area contributed by atoms with E-state index in [-0.39, 0.29) is 29.5 Å². The van der Waals surface area contributed by atoms with Crippen molar-refractivity contribution in [3.05, 3.63) is 66.2 Å². The number of nitrogens with one attached hydrogen (secondary N) is 4. The summed E-state index contributed by atoms with van der Waals surface area (Å²) in [4.78, 5) is 53.8. The second kappa shape index (κ2) is 11.1. The Balaban J connectivity index is 1.14. The molecule has 0 saturated carbocycles. The van der Waals surface area contributed by atoms with Crippen molar-refractivity contribution in [2.45, 2.75) is 45.3 Å². The molecule has 4 N–H and O–H groups in total. The molecule has 1 aliphatic rings. The van der Waals surface area contributed by atoms with Crippen LogP contribution in [0.25, 0.3) is 11.0 Å². The highest BCUT2D eigenvalue weighted by Crippen LogP contribution is 2.23. The van der Waals surface area contributed by atoms with Crippen LogP contribution in [0.4, 0.5) is 16.4 Å². The number of aromatic nitrogens is 4. The lowest BCUT2D eigenvalue weighted by atomic mass is 10.1. The van der Waals surface area contributed by atoms with E-state index in [9.17, 15) is 14.4 Å². The largest absolute Gasteiger partial charge is 0.490 e. The Morgan fingerprint density at radius 3 is 2.40 bits per heavy atom. The van der Waals surface area contributed by atoms with E-state index in [2.05, 4.69) is 30.6 Å². The predicted molar refractivity (Wildman–Crippen MR) is 148 cm³/mol. The van der Waals surface area contributed by atoms with Gasteiger partial charge in [-0.1, -0.05) is 12.1 Å². The number of anilines is 2. The predicted octanol–water partition coefficient (Wildman–Crippen LogP) is 4.57. The van der Waals surface area contributed by atoms with E-state index in [4.69, 9.17) is 9.47 Å². The summed E-state index contributed by atoms with van der Waals surface area (Å²) in [5.74, 6) is -0.181. The van der Waals surface area contributed by atoms with Gasteiger partial charge in [0.05, 0.1) is 17.4 Å². The van der Waals surface area contributed by atoms with E-state index in [1.807, 2.05) is 45.0 Å². The van der Waals surface area contributed by atoms with Gasteiger partial charge in [-0.3, -0.25) is 14.9 Å². The standard InChI is InChI=1S/C28H31N7O5/c1-28(2,3)40-27(38)35-14-12-19(13-15-35)39-18-10-8-17(9-11-18)31-24(36)22-23(30-16-29-22)25(37)34-26-32-20-6-4-5-7-21(20)33-26/h4-11,16,19H,12-15H2,1-3H3,(H,29,30)(H,31,36)(H2,32,33,34,37). The van der Waals surface area contributed by atoms with Gasteiger partial charge in [-0.05, 0) is 57.2 Å². The molecule has 3 heterocycles. The fraction of sp³-hybridized carbons (Fsp3) is 0.321. The lowest BCUT2D eigenvalue weighted by Gasteiger charge is -2.33. The van der Waals surface area contributed by atoms with Gasteiger partial charge in [-0.25, -0.2) is 14.8 Å². The molecule has 40 heavy (non-hydrogen) atoms. The average Bonchev–Trinajstić information content (AvgIpc) is 3.56. The number of ether oxygens (including phenoxy) is 2. The van der Waals surface area contributed by atoms with E-state index >= 15 is 0 Å². The number of rotatable bonds is 6. The summed E-state index contributed by atoms with van der Waals surface area (Å²) in [5.41, 5.74) is 1.44. The highest BCUT2D eigenvalue weighted by molar-refractivity contribution is 6.13. The Morgan fingerprint density at radius 1 is 0.975 bits per heavy atom. The van der Waals surface area contributed by atoms with Crippen LogP contribution in [-0.4, -0.2) is 67.5 Å².